The van der Waals surface area contributed by atoms with Crippen molar-refractivity contribution in [3.8, 4) is 0 Å². The number of aryl methyl sites for hydroxylation is 1. The second kappa shape index (κ2) is 8.50. The first kappa shape index (κ1) is 22.2. The van der Waals surface area contributed by atoms with Crippen molar-refractivity contribution >= 4 is 55.9 Å². The molecule has 32 heavy (non-hydrogen) atoms. The zero-order valence-corrected chi connectivity index (χ0v) is 19.1. The van der Waals surface area contributed by atoms with Gasteiger partial charge in [-0.3, -0.25) is 4.31 Å². The van der Waals surface area contributed by atoms with Crippen LogP contribution in [0.15, 0.2) is 76.0 Å². The summed E-state index contributed by atoms with van der Waals surface area (Å²) in [5.74, 6) is -1.37. The number of aromatic carboxylic acids is 1. The summed E-state index contributed by atoms with van der Waals surface area (Å²) in [7, 11) is -3.98. The molecule has 9 heteroatoms. The van der Waals surface area contributed by atoms with E-state index in [0.717, 1.165) is 5.56 Å². The van der Waals surface area contributed by atoms with E-state index in [2.05, 4.69) is 0 Å². The lowest BCUT2D eigenvalue weighted by molar-refractivity contribution is 0.0664. The van der Waals surface area contributed by atoms with Gasteiger partial charge in [-0.05, 0) is 67.1 Å². The van der Waals surface area contributed by atoms with Gasteiger partial charge in [-0.1, -0.05) is 35.3 Å². The summed E-state index contributed by atoms with van der Waals surface area (Å²) in [4.78, 5) is 11.5. The van der Waals surface area contributed by atoms with E-state index in [1.54, 1.807) is 49.4 Å². The number of carbonyl (C=O) groups is 1. The molecule has 0 aliphatic heterocycles. The van der Waals surface area contributed by atoms with Crippen molar-refractivity contribution in [2.45, 2.75) is 18.4 Å². The molecule has 0 saturated carbocycles. The Kier molecular flexibility index (Phi) is 5.90. The average molecular weight is 490 g/mol. The number of sulfonamides is 1. The number of anilines is 1. The summed E-state index contributed by atoms with van der Waals surface area (Å²) >= 11 is 11.9. The molecule has 4 rings (SSSR count). The van der Waals surface area contributed by atoms with Gasteiger partial charge in [-0.2, -0.15) is 0 Å². The normalized spacial score (nSPS) is 11.6. The molecular weight excluding hydrogens is 473 g/mol. The predicted molar refractivity (Wildman–Crippen MR) is 124 cm³/mol. The van der Waals surface area contributed by atoms with Crippen LogP contribution in [0.4, 0.5) is 5.69 Å². The number of carboxylic acid groups (broad SMARTS) is 1. The second-order valence-corrected chi connectivity index (χ2v) is 9.87. The first-order valence-electron chi connectivity index (χ1n) is 9.46. The summed E-state index contributed by atoms with van der Waals surface area (Å²) in [6.45, 7) is 1.66. The molecule has 1 aromatic heterocycles. The Morgan fingerprint density at radius 1 is 0.969 bits per heavy atom. The van der Waals surface area contributed by atoms with Crippen LogP contribution in [0.2, 0.25) is 10.0 Å². The molecule has 0 unspecified atom stereocenters. The topological polar surface area (TPSA) is 87.8 Å². The highest BCUT2D eigenvalue weighted by atomic mass is 35.5. The van der Waals surface area contributed by atoms with Crippen molar-refractivity contribution in [3.05, 3.63) is 93.7 Å². The average Bonchev–Trinajstić information content (AvgIpc) is 3.10. The second-order valence-electron chi connectivity index (χ2n) is 7.13. The quantitative estimate of drug-likeness (QED) is 0.351. The number of nitrogens with zero attached hydrogens (tertiary/aromatic N) is 1. The van der Waals surface area contributed by atoms with Crippen molar-refractivity contribution in [2.24, 2.45) is 0 Å². The number of hydrogen-bond donors (Lipinski definition) is 1. The number of fused-ring (bicyclic) bond motifs is 1. The molecule has 4 aromatic rings. The van der Waals surface area contributed by atoms with Crippen molar-refractivity contribution in [2.75, 3.05) is 4.31 Å². The Hall–Kier alpha value is -3.00. The molecule has 6 nitrogen and oxygen atoms in total. The molecule has 0 aliphatic carbocycles. The van der Waals surface area contributed by atoms with Gasteiger partial charge in [-0.25, -0.2) is 13.2 Å². The van der Waals surface area contributed by atoms with Gasteiger partial charge >= 0.3 is 5.97 Å². The SMILES string of the molecule is Cc1c(C(=O)O)oc2ccc(N(Cc3ccc(Cl)cc3)S(=O)(=O)c3ccc(Cl)cc3)cc12. The molecule has 1 heterocycles. The van der Waals surface area contributed by atoms with Crippen molar-refractivity contribution in [3.63, 3.8) is 0 Å². The summed E-state index contributed by atoms with van der Waals surface area (Å²) < 4.78 is 33.8. The first-order chi connectivity index (χ1) is 15.2. The molecule has 1 N–H and O–H groups in total. The summed E-state index contributed by atoms with van der Waals surface area (Å²) in [6.07, 6.45) is 0. The van der Waals surface area contributed by atoms with Gasteiger partial charge in [0.05, 0.1) is 17.1 Å². The van der Waals surface area contributed by atoms with Crippen molar-refractivity contribution in [1.82, 2.24) is 0 Å². The molecule has 0 spiro atoms. The predicted octanol–water partition coefficient (Wildman–Crippen LogP) is 6.14. The van der Waals surface area contributed by atoms with E-state index in [9.17, 15) is 18.3 Å². The molecule has 0 radical (unpaired) electrons. The van der Waals surface area contributed by atoms with Gasteiger partial charge in [0.1, 0.15) is 5.58 Å². The molecule has 0 aliphatic rings. The molecule has 0 amide bonds. The fraction of sp³-hybridized carbons (Fsp3) is 0.0870. The third kappa shape index (κ3) is 4.19. The number of rotatable bonds is 6. The molecule has 0 saturated heterocycles. The van der Waals surface area contributed by atoms with Crippen LogP contribution in [0, 0.1) is 6.92 Å². The fourth-order valence-corrected chi connectivity index (χ4v) is 5.07. The van der Waals surface area contributed by atoms with Crippen molar-refractivity contribution < 1.29 is 22.7 Å². The van der Waals surface area contributed by atoms with E-state index in [1.165, 1.54) is 28.6 Å². The van der Waals surface area contributed by atoms with Crippen molar-refractivity contribution in [1.29, 1.82) is 0 Å². The number of halogens is 2. The van der Waals surface area contributed by atoms with Gasteiger partial charge in [0.25, 0.3) is 10.0 Å². The largest absolute Gasteiger partial charge is 0.475 e. The smallest absolute Gasteiger partial charge is 0.372 e. The molecule has 0 fully saturated rings. The zero-order chi connectivity index (χ0) is 23.0. The Morgan fingerprint density at radius 2 is 1.56 bits per heavy atom. The fourth-order valence-electron chi connectivity index (χ4n) is 3.37. The van der Waals surface area contributed by atoms with E-state index in [-0.39, 0.29) is 17.2 Å². The Bertz CT molecular complexity index is 1410. The van der Waals surface area contributed by atoms with E-state index in [1.807, 2.05) is 0 Å². The minimum absolute atomic E-state index is 0.0380. The van der Waals surface area contributed by atoms with Crippen LogP contribution >= 0.6 is 23.2 Å². The van der Waals surface area contributed by atoms with Gasteiger partial charge in [-0.15, -0.1) is 0 Å². The third-order valence-electron chi connectivity index (χ3n) is 5.04. The minimum Gasteiger partial charge on any atom is -0.475 e. The van der Waals surface area contributed by atoms with Crippen LogP contribution in [0.25, 0.3) is 11.0 Å². The summed E-state index contributed by atoms with van der Waals surface area (Å²) in [5.41, 5.74) is 1.87. The van der Waals surface area contributed by atoms with Crippen LogP contribution in [-0.2, 0) is 16.6 Å². The number of hydrogen-bond acceptors (Lipinski definition) is 4. The minimum atomic E-state index is -3.98. The van der Waals surface area contributed by atoms with E-state index in [4.69, 9.17) is 27.6 Å². The molecule has 0 atom stereocenters. The molecule has 3 aromatic carbocycles. The standard InChI is InChI=1S/C23H17Cl2NO5S/c1-14-20-12-18(8-11-21(20)31-22(14)23(27)28)26(13-15-2-4-16(24)5-3-15)32(29,30)19-9-6-17(25)7-10-19/h2-12H,13H2,1H3,(H,27,28). The van der Waals surface area contributed by atoms with E-state index < -0.39 is 16.0 Å². The summed E-state index contributed by atoms with van der Waals surface area (Å²) in [6, 6.07) is 17.5. The van der Waals surface area contributed by atoms with Crippen LogP contribution in [0.5, 0.6) is 0 Å². The molecular formula is C23H17Cl2NO5S. The molecule has 164 valence electrons. The zero-order valence-electron chi connectivity index (χ0n) is 16.7. The van der Waals surface area contributed by atoms with Crippen LogP contribution in [-0.4, -0.2) is 19.5 Å². The van der Waals surface area contributed by atoms with E-state index >= 15 is 0 Å². The lowest BCUT2D eigenvalue weighted by atomic mass is 10.1. The van der Waals surface area contributed by atoms with Gasteiger partial charge in [0.15, 0.2) is 0 Å². The lowest BCUT2D eigenvalue weighted by Gasteiger charge is -2.25. The maximum Gasteiger partial charge on any atom is 0.372 e. The Morgan fingerprint density at radius 3 is 2.16 bits per heavy atom. The molecule has 0 bridgehead atoms. The lowest BCUT2D eigenvalue weighted by Crippen LogP contribution is -2.30. The summed E-state index contributed by atoms with van der Waals surface area (Å²) in [5, 5.41) is 10.8. The maximum absolute atomic E-state index is 13.6. The monoisotopic (exact) mass is 489 g/mol. The highest BCUT2D eigenvalue weighted by molar-refractivity contribution is 7.92. The van der Waals surface area contributed by atoms with Gasteiger partial charge in [0, 0.05) is 21.0 Å². The van der Waals surface area contributed by atoms with Gasteiger partial charge in [0.2, 0.25) is 5.76 Å². The van der Waals surface area contributed by atoms with Crippen LogP contribution < -0.4 is 4.31 Å². The number of benzene rings is 3. The van der Waals surface area contributed by atoms with Crippen LogP contribution in [0.1, 0.15) is 21.7 Å². The highest BCUT2D eigenvalue weighted by Gasteiger charge is 2.27. The van der Waals surface area contributed by atoms with Crippen LogP contribution in [0.3, 0.4) is 0 Å². The number of furan rings is 1. The first-order valence-corrected chi connectivity index (χ1v) is 11.7. The maximum atomic E-state index is 13.6. The number of carboxylic acids is 1. The van der Waals surface area contributed by atoms with E-state index in [0.29, 0.717) is 32.3 Å². The highest BCUT2D eigenvalue weighted by Crippen LogP contribution is 2.33. The third-order valence-corrected chi connectivity index (χ3v) is 7.34. The Labute approximate surface area is 194 Å². The Balaban J connectivity index is 1.86. The van der Waals surface area contributed by atoms with Gasteiger partial charge < -0.3 is 9.52 Å².